The monoisotopic (exact) mass is 224 g/mol. The first-order valence-electron chi connectivity index (χ1n) is 5.92. The molecule has 1 aromatic rings. The second kappa shape index (κ2) is 5.89. The van der Waals surface area contributed by atoms with Crippen LogP contribution in [0.15, 0.2) is 12.4 Å². The molecule has 0 aliphatic heterocycles. The highest BCUT2D eigenvalue weighted by atomic mass is 15.3. The molecule has 1 N–H and O–H groups in total. The van der Waals surface area contributed by atoms with Gasteiger partial charge in [-0.05, 0) is 26.9 Å². The molecule has 0 fully saturated rings. The molecule has 1 rings (SSSR count). The first kappa shape index (κ1) is 13.0. The van der Waals surface area contributed by atoms with Crippen LogP contribution < -0.4 is 5.32 Å². The second-order valence-corrected chi connectivity index (χ2v) is 4.97. The van der Waals surface area contributed by atoms with E-state index in [1.807, 2.05) is 10.9 Å². The summed E-state index contributed by atoms with van der Waals surface area (Å²) < 4.78 is 1.98. The van der Waals surface area contributed by atoms with E-state index in [1.54, 1.807) is 0 Å². The predicted octanol–water partition coefficient (Wildman–Crippen LogP) is 1.90. The lowest BCUT2D eigenvalue weighted by Gasteiger charge is -2.17. The van der Waals surface area contributed by atoms with Gasteiger partial charge in [0, 0.05) is 18.8 Å². The van der Waals surface area contributed by atoms with Crippen molar-refractivity contribution in [1.29, 1.82) is 0 Å². The third kappa shape index (κ3) is 4.23. The van der Waals surface area contributed by atoms with Crippen molar-refractivity contribution in [2.45, 2.75) is 33.4 Å². The molecule has 0 saturated carbocycles. The van der Waals surface area contributed by atoms with E-state index in [9.17, 15) is 0 Å². The third-order valence-electron chi connectivity index (χ3n) is 2.80. The van der Waals surface area contributed by atoms with Crippen molar-refractivity contribution in [3.8, 4) is 0 Å². The zero-order chi connectivity index (χ0) is 12.1. The van der Waals surface area contributed by atoms with Crippen LogP contribution in [0.1, 0.15) is 20.8 Å². The topological polar surface area (TPSA) is 33.1 Å². The highest BCUT2D eigenvalue weighted by Gasteiger charge is 2.07. The lowest BCUT2D eigenvalue weighted by Crippen LogP contribution is -2.21. The smallest absolute Gasteiger partial charge is 0.0728 e. The summed E-state index contributed by atoms with van der Waals surface area (Å²) in [7, 11) is 4.15. The van der Waals surface area contributed by atoms with Gasteiger partial charge in [0.15, 0.2) is 0 Å². The number of hydrogen-bond acceptors (Lipinski definition) is 3. The van der Waals surface area contributed by atoms with Crippen LogP contribution in [0.3, 0.4) is 0 Å². The maximum atomic E-state index is 4.33. The molecule has 1 atom stereocenters. The van der Waals surface area contributed by atoms with Gasteiger partial charge in [0.25, 0.3) is 0 Å². The van der Waals surface area contributed by atoms with Gasteiger partial charge < -0.3 is 10.2 Å². The van der Waals surface area contributed by atoms with E-state index in [0.717, 1.165) is 18.8 Å². The fourth-order valence-corrected chi connectivity index (χ4v) is 1.29. The van der Waals surface area contributed by atoms with Gasteiger partial charge in [0.2, 0.25) is 0 Å². The average molecular weight is 224 g/mol. The van der Waals surface area contributed by atoms with E-state index in [2.05, 4.69) is 56.4 Å². The maximum absolute atomic E-state index is 4.33. The molecule has 0 aliphatic carbocycles. The number of hydrogen-bond donors (Lipinski definition) is 1. The van der Waals surface area contributed by atoms with Crippen LogP contribution in [0.5, 0.6) is 0 Å². The number of anilines is 1. The quantitative estimate of drug-likeness (QED) is 0.801. The summed E-state index contributed by atoms with van der Waals surface area (Å²) in [6.45, 7) is 8.58. The van der Waals surface area contributed by atoms with Crippen LogP contribution in [-0.4, -0.2) is 41.4 Å². The summed E-state index contributed by atoms with van der Waals surface area (Å²) >= 11 is 0. The highest BCUT2D eigenvalue weighted by molar-refractivity contribution is 5.39. The fraction of sp³-hybridized carbons (Fsp3) is 0.750. The summed E-state index contributed by atoms with van der Waals surface area (Å²) in [5.41, 5.74) is 1.11. The summed E-state index contributed by atoms with van der Waals surface area (Å²) in [5, 5.41) is 7.78. The van der Waals surface area contributed by atoms with E-state index in [1.165, 1.54) is 0 Å². The lowest BCUT2D eigenvalue weighted by molar-refractivity contribution is 0.373. The van der Waals surface area contributed by atoms with Gasteiger partial charge in [0.1, 0.15) is 0 Å². The molecule has 1 aromatic heterocycles. The molecule has 0 amide bonds. The van der Waals surface area contributed by atoms with E-state index in [4.69, 9.17) is 0 Å². The number of rotatable bonds is 6. The third-order valence-corrected chi connectivity index (χ3v) is 2.80. The van der Waals surface area contributed by atoms with E-state index < -0.39 is 0 Å². The van der Waals surface area contributed by atoms with Crippen LogP contribution in [0, 0.1) is 5.92 Å². The standard InChI is InChI=1S/C12H24N4/c1-10(2)11(3)14-12-8-13-16(9-12)7-6-15(4)5/h8-11,14H,6-7H2,1-5H3. The van der Waals surface area contributed by atoms with Crippen LogP contribution in [0.2, 0.25) is 0 Å². The van der Waals surface area contributed by atoms with Gasteiger partial charge in [-0.1, -0.05) is 13.8 Å². The average Bonchev–Trinajstić information content (AvgIpc) is 2.62. The van der Waals surface area contributed by atoms with Crippen molar-refractivity contribution in [2.75, 3.05) is 26.0 Å². The predicted molar refractivity (Wildman–Crippen MR) is 68.7 cm³/mol. The van der Waals surface area contributed by atoms with Gasteiger partial charge in [-0.25, -0.2) is 0 Å². The number of aromatic nitrogens is 2. The Morgan fingerprint density at radius 1 is 1.38 bits per heavy atom. The minimum absolute atomic E-state index is 0.478. The maximum Gasteiger partial charge on any atom is 0.0728 e. The zero-order valence-corrected chi connectivity index (χ0v) is 11.1. The molecule has 0 aromatic carbocycles. The molecule has 0 saturated heterocycles. The van der Waals surface area contributed by atoms with Crippen LogP contribution in [-0.2, 0) is 6.54 Å². The van der Waals surface area contributed by atoms with Gasteiger partial charge in [-0.3, -0.25) is 4.68 Å². The van der Waals surface area contributed by atoms with E-state index in [0.29, 0.717) is 12.0 Å². The number of likely N-dealkylation sites (N-methyl/N-ethyl adjacent to an activating group) is 1. The molecule has 92 valence electrons. The lowest BCUT2D eigenvalue weighted by atomic mass is 10.1. The second-order valence-electron chi connectivity index (χ2n) is 4.97. The van der Waals surface area contributed by atoms with Crippen LogP contribution in [0.4, 0.5) is 5.69 Å². The van der Waals surface area contributed by atoms with Crippen LogP contribution >= 0.6 is 0 Å². The summed E-state index contributed by atoms with van der Waals surface area (Å²) in [6.07, 6.45) is 3.97. The molecular formula is C12H24N4. The molecule has 0 spiro atoms. The Balaban J connectivity index is 2.45. The van der Waals surface area contributed by atoms with Gasteiger partial charge in [-0.15, -0.1) is 0 Å². The molecule has 4 nitrogen and oxygen atoms in total. The zero-order valence-electron chi connectivity index (χ0n) is 11.1. The van der Waals surface area contributed by atoms with Gasteiger partial charge >= 0.3 is 0 Å². The molecule has 16 heavy (non-hydrogen) atoms. The van der Waals surface area contributed by atoms with Crippen LogP contribution in [0.25, 0.3) is 0 Å². The number of nitrogens with one attached hydrogen (secondary N) is 1. The van der Waals surface area contributed by atoms with E-state index in [-0.39, 0.29) is 0 Å². The minimum atomic E-state index is 0.478. The van der Waals surface area contributed by atoms with Crippen molar-refractivity contribution in [2.24, 2.45) is 5.92 Å². The molecule has 0 radical (unpaired) electrons. The summed E-state index contributed by atoms with van der Waals surface area (Å²) in [5.74, 6) is 0.630. The molecule has 0 bridgehead atoms. The Kier molecular flexibility index (Phi) is 4.80. The minimum Gasteiger partial charge on any atom is -0.380 e. The Hall–Kier alpha value is -1.03. The van der Waals surface area contributed by atoms with E-state index >= 15 is 0 Å². The number of nitrogens with zero attached hydrogens (tertiary/aromatic N) is 3. The first-order valence-corrected chi connectivity index (χ1v) is 5.92. The Morgan fingerprint density at radius 3 is 2.62 bits per heavy atom. The van der Waals surface area contributed by atoms with Crippen molar-refractivity contribution in [3.05, 3.63) is 12.4 Å². The molecule has 1 heterocycles. The van der Waals surface area contributed by atoms with Gasteiger partial charge in [-0.2, -0.15) is 5.10 Å². The molecule has 4 heteroatoms. The SMILES string of the molecule is CC(C)C(C)Nc1cnn(CCN(C)C)c1. The summed E-state index contributed by atoms with van der Waals surface area (Å²) in [4.78, 5) is 2.16. The van der Waals surface area contributed by atoms with Gasteiger partial charge in [0.05, 0.1) is 18.4 Å². The fourth-order valence-electron chi connectivity index (χ4n) is 1.29. The molecule has 0 aliphatic rings. The normalized spacial score (nSPS) is 13.4. The molecule has 1 unspecified atom stereocenters. The van der Waals surface area contributed by atoms with Crippen molar-refractivity contribution >= 4 is 5.69 Å². The Morgan fingerprint density at radius 2 is 2.06 bits per heavy atom. The Bertz CT molecular complexity index is 304. The largest absolute Gasteiger partial charge is 0.380 e. The van der Waals surface area contributed by atoms with Crippen molar-refractivity contribution in [3.63, 3.8) is 0 Å². The Labute approximate surface area is 98.6 Å². The van der Waals surface area contributed by atoms with Crippen molar-refractivity contribution < 1.29 is 0 Å². The first-order chi connectivity index (χ1) is 7.49. The highest BCUT2D eigenvalue weighted by Crippen LogP contribution is 2.11. The molecular weight excluding hydrogens is 200 g/mol. The van der Waals surface area contributed by atoms with Crippen molar-refractivity contribution in [1.82, 2.24) is 14.7 Å². The summed E-state index contributed by atoms with van der Waals surface area (Å²) in [6, 6.07) is 0.478.